The molecular weight excluding hydrogens is 232 g/mol. The highest BCUT2D eigenvalue weighted by Crippen LogP contribution is 2.32. The summed E-state index contributed by atoms with van der Waals surface area (Å²) in [5.74, 6) is 0.584. The van der Waals surface area contributed by atoms with E-state index in [-0.39, 0.29) is 5.56 Å². The maximum atomic E-state index is 10.9. The molecule has 4 heteroatoms. The van der Waals surface area contributed by atoms with Crippen LogP contribution in [0.15, 0.2) is 18.2 Å². The molecule has 1 N–H and O–H groups in total. The molecule has 1 fully saturated rings. The molecule has 18 heavy (non-hydrogen) atoms. The predicted molar refractivity (Wildman–Crippen MR) is 67.0 cm³/mol. The number of aromatic carboxylic acids is 1. The minimum Gasteiger partial charge on any atom is -0.496 e. The van der Waals surface area contributed by atoms with Gasteiger partial charge in [0.25, 0.3) is 0 Å². The third-order valence-corrected chi connectivity index (χ3v) is 3.15. The standard InChI is InChI=1S/C14H18O4/c1-17-13-5-4-11(14(15)16)8-12(13)9-18-7-6-10-2-3-10/h4-5,8,10H,2-3,6-7,9H2,1H3,(H,15,16). The lowest BCUT2D eigenvalue weighted by Gasteiger charge is -2.10. The molecular formula is C14H18O4. The average Bonchev–Trinajstić information content (AvgIpc) is 3.18. The second-order valence-electron chi connectivity index (χ2n) is 4.62. The van der Waals surface area contributed by atoms with Crippen molar-refractivity contribution < 1.29 is 19.4 Å². The van der Waals surface area contributed by atoms with Gasteiger partial charge in [-0.15, -0.1) is 0 Å². The summed E-state index contributed by atoms with van der Waals surface area (Å²) >= 11 is 0. The molecule has 98 valence electrons. The van der Waals surface area contributed by atoms with Gasteiger partial charge in [0.15, 0.2) is 0 Å². The summed E-state index contributed by atoms with van der Waals surface area (Å²) in [5, 5.41) is 8.94. The molecule has 1 aliphatic rings. The number of carboxylic acid groups (broad SMARTS) is 1. The fourth-order valence-corrected chi connectivity index (χ4v) is 1.86. The van der Waals surface area contributed by atoms with E-state index in [0.717, 1.165) is 24.5 Å². The van der Waals surface area contributed by atoms with Gasteiger partial charge < -0.3 is 14.6 Å². The van der Waals surface area contributed by atoms with Crippen molar-refractivity contribution >= 4 is 5.97 Å². The summed E-state index contributed by atoms with van der Waals surface area (Å²) in [6.07, 6.45) is 3.74. The van der Waals surface area contributed by atoms with Gasteiger partial charge in [-0.25, -0.2) is 4.79 Å². The molecule has 1 saturated carbocycles. The van der Waals surface area contributed by atoms with Crippen molar-refractivity contribution in [1.82, 2.24) is 0 Å². The second-order valence-corrected chi connectivity index (χ2v) is 4.62. The number of hydrogen-bond acceptors (Lipinski definition) is 3. The van der Waals surface area contributed by atoms with Crippen LogP contribution in [0, 0.1) is 5.92 Å². The van der Waals surface area contributed by atoms with Crippen molar-refractivity contribution in [2.24, 2.45) is 5.92 Å². The lowest BCUT2D eigenvalue weighted by molar-refractivity contribution is 0.0696. The van der Waals surface area contributed by atoms with Crippen LogP contribution in [-0.4, -0.2) is 24.8 Å². The Bertz CT molecular complexity index is 424. The molecule has 0 aromatic heterocycles. The summed E-state index contributed by atoms with van der Waals surface area (Å²) in [5.41, 5.74) is 1.05. The van der Waals surface area contributed by atoms with Gasteiger partial charge in [0, 0.05) is 12.2 Å². The number of carbonyl (C=O) groups is 1. The van der Waals surface area contributed by atoms with Crippen LogP contribution in [0.25, 0.3) is 0 Å². The van der Waals surface area contributed by atoms with Crippen molar-refractivity contribution in [3.63, 3.8) is 0 Å². The second kappa shape index (κ2) is 5.87. The molecule has 0 saturated heterocycles. The normalized spacial score (nSPS) is 14.5. The van der Waals surface area contributed by atoms with Gasteiger partial charge in [-0.3, -0.25) is 0 Å². The highest BCUT2D eigenvalue weighted by molar-refractivity contribution is 5.88. The fraction of sp³-hybridized carbons (Fsp3) is 0.500. The number of hydrogen-bond donors (Lipinski definition) is 1. The van der Waals surface area contributed by atoms with Crippen molar-refractivity contribution in [3.05, 3.63) is 29.3 Å². The third-order valence-electron chi connectivity index (χ3n) is 3.15. The number of methoxy groups -OCH3 is 1. The van der Waals surface area contributed by atoms with E-state index in [9.17, 15) is 4.79 Å². The van der Waals surface area contributed by atoms with Crippen molar-refractivity contribution in [3.8, 4) is 5.75 Å². The molecule has 0 aliphatic heterocycles. The largest absolute Gasteiger partial charge is 0.496 e. The maximum Gasteiger partial charge on any atom is 0.335 e. The first kappa shape index (κ1) is 12.9. The Morgan fingerprint density at radius 2 is 2.22 bits per heavy atom. The molecule has 2 rings (SSSR count). The molecule has 0 bridgehead atoms. The van der Waals surface area contributed by atoms with E-state index in [1.165, 1.54) is 18.9 Å². The van der Waals surface area contributed by atoms with E-state index in [1.807, 2.05) is 0 Å². The highest BCUT2D eigenvalue weighted by atomic mass is 16.5. The van der Waals surface area contributed by atoms with Crippen molar-refractivity contribution in [2.45, 2.75) is 25.9 Å². The van der Waals surface area contributed by atoms with Gasteiger partial charge in [0.05, 0.1) is 19.3 Å². The Hall–Kier alpha value is -1.55. The monoisotopic (exact) mass is 250 g/mol. The first-order valence-corrected chi connectivity index (χ1v) is 6.18. The zero-order valence-electron chi connectivity index (χ0n) is 10.5. The van der Waals surface area contributed by atoms with Gasteiger partial charge in [-0.05, 0) is 30.5 Å². The Morgan fingerprint density at radius 1 is 1.44 bits per heavy atom. The van der Waals surface area contributed by atoms with Crippen LogP contribution in [0.1, 0.15) is 35.2 Å². The maximum absolute atomic E-state index is 10.9. The Kier molecular flexibility index (Phi) is 4.20. The van der Waals surface area contributed by atoms with E-state index in [1.54, 1.807) is 19.2 Å². The van der Waals surface area contributed by atoms with E-state index >= 15 is 0 Å². The van der Waals surface area contributed by atoms with Crippen LogP contribution in [0.2, 0.25) is 0 Å². The smallest absolute Gasteiger partial charge is 0.335 e. The van der Waals surface area contributed by atoms with Crippen LogP contribution in [-0.2, 0) is 11.3 Å². The van der Waals surface area contributed by atoms with Crippen LogP contribution >= 0.6 is 0 Å². The number of carboxylic acids is 1. The summed E-state index contributed by atoms with van der Waals surface area (Å²) < 4.78 is 10.8. The molecule has 0 spiro atoms. The molecule has 0 unspecified atom stereocenters. The van der Waals surface area contributed by atoms with Crippen LogP contribution in [0.3, 0.4) is 0 Å². The number of benzene rings is 1. The SMILES string of the molecule is COc1ccc(C(=O)O)cc1COCCC1CC1. The first-order valence-electron chi connectivity index (χ1n) is 6.18. The van der Waals surface area contributed by atoms with Gasteiger partial charge in [-0.1, -0.05) is 12.8 Å². The Morgan fingerprint density at radius 3 is 2.83 bits per heavy atom. The minimum absolute atomic E-state index is 0.261. The number of ether oxygens (including phenoxy) is 2. The number of rotatable bonds is 7. The van der Waals surface area contributed by atoms with Crippen LogP contribution in [0.5, 0.6) is 5.75 Å². The Labute approximate surface area is 107 Å². The van der Waals surface area contributed by atoms with Crippen LogP contribution < -0.4 is 4.74 Å². The topological polar surface area (TPSA) is 55.8 Å². The zero-order chi connectivity index (χ0) is 13.0. The predicted octanol–water partition coefficient (Wildman–Crippen LogP) is 2.71. The molecule has 0 atom stereocenters. The van der Waals surface area contributed by atoms with Gasteiger partial charge in [0.2, 0.25) is 0 Å². The molecule has 1 aromatic carbocycles. The Balaban J connectivity index is 1.94. The summed E-state index contributed by atoms with van der Waals surface area (Å²) in [7, 11) is 1.57. The van der Waals surface area contributed by atoms with Crippen molar-refractivity contribution in [1.29, 1.82) is 0 Å². The molecule has 0 heterocycles. The third kappa shape index (κ3) is 3.47. The molecule has 4 nitrogen and oxygen atoms in total. The molecule has 0 amide bonds. The average molecular weight is 250 g/mol. The molecule has 1 aliphatic carbocycles. The van der Waals surface area contributed by atoms with E-state index < -0.39 is 5.97 Å². The van der Waals surface area contributed by atoms with Crippen LogP contribution in [0.4, 0.5) is 0 Å². The lowest BCUT2D eigenvalue weighted by atomic mass is 10.1. The molecule has 0 radical (unpaired) electrons. The minimum atomic E-state index is -0.933. The van der Waals surface area contributed by atoms with E-state index in [2.05, 4.69) is 0 Å². The highest BCUT2D eigenvalue weighted by Gasteiger charge is 2.20. The summed E-state index contributed by atoms with van der Waals surface area (Å²) in [4.78, 5) is 10.9. The van der Waals surface area contributed by atoms with Crippen molar-refractivity contribution in [2.75, 3.05) is 13.7 Å². The quantitative estimate of drug-likeness (QED) is 0.756. The van der Waals surface area contributed by atoms with Gasteiger partial charge in [-0.2, -0.15) is 0 Å². The molecule has 1 aromatic rings. The summed E-state index contributed by atoms with van der Waals surface area (Å²) in [6.45, 7) is 1.13. The van der Waals surface area contributed by atoms with Gasteiger partial charge >= 0.3 is 5.97 Å². The summed E-state index contributed by atoms with van der Waals surface area (Å²) in [6, 6.07) is 4.82. The first-order chi connectivity index (χ1) is 8.70. The van der Waals surface area contributed by atoms with Gasteiger partial charge in [0.1, 0.15) is 5.75 Å². The fourth-order valence-electron chi connectivity index (χ4n) is 1.86. The van der Waals surface area contributed by atoms with E-state index in [4.69, 9.17) is 14.6 Å². The zero-order valence-corrected chi connectivity index (χ0v) is 10.5. The van der Waals surface area contributed by atoms with E-state index in [0.29, 0.717) is 12.4 Å². The lowest BCUT2D eigenvalue weighted by Crippen LogP contribution is -2.02.